The highest BCUT2D eigenvalue weighted by atomic mass is 35.5. The van der Waals surface area contributed by atoms with Crippen molar-refractivity contribution >= 4 is 41.1 Å². The van der Waals surface area contributed by atoms with E-state index in [1.807, 2.05) is 6.07 Å². The van der Waals surface area contributed by atoms with E-state index in [1.54, 1.807) is 54.6 Å². The smallest absolute Gasteiger partial charge is 0.267 e. The van der Waals surface area contributed by atoms with Crippen molar-refractivity contribution in [3.05, 3.63) is 87.7 Å². The van der Waals surface area contributed by atoms with Crippen molar-refractivity contribution in [3.8, 4) is 11.3 Å². The third-order valence-corrected chi connectivity index (χ3v) is 5.25. The molecule has 0 bridgehead atoms. The maximum Gasteiger partial charge on any atom is 0.267 e. The van der Waals surface area contributed by atoms with Crippen LogP contribution in [0, 0.1) is 0 Å². The number of unbranched alkanes of at least 4 members (excludes halogenated alkanes) is 2. The topological polar surface area (TPSA) is 71.3 Å². The molecule has 5 nitrogen and oxygen atoms in total. The Kier molecular flexibility index (Phi) is 8.54. The van der Waals surface area contributed by atoms with Crippen molar-refractivity contribution in [2.24, 2.45) is 0 Å². The number of amides is 2. The van der Waals surface area contributed by atoms with Gasteiger partial charge in [0.2, 0.25) is 0 Å². The van der Waals surface area contributed by atoms with Crippen LogP contribution in [-0.4, -0.2) is 18.4 Å². The first kappa shape index (κ1) is 23.6. The molecule has 0 atom stereocenters. The van der Waals surface area contributed by atoms with Crippen molar-refractivity contribution in [2.75, 3.05) is 6.54 Å². The molecule has 3 aromatic rings. The standard InChI is InChI=1S/C25H24Cl2N2O3/c1-2-3-7-14-28-25(31)22(29-24(30)17-8-5-4-6-9-17)16-19-11-13-23(32-19)20-12-10-18(26)15-21(20)27/h4-6,8-13,15-16H,2-3,7,14H2,1H3,(H,28,31)(H,29,30)/b22-16-. The van der Waals surface area contributed by atoms with Crippen molar-refractivity contribution < 1.29 is 14.0 Å². The molecule has 1 aromatic heterocycles. The van der Waals surface area contributed by atoms with E-state index in [0.29, 0.717) is 39.2 Å². The van der Waals surface area contributed by atoms with Crippen LogP contribution in [0.4, 0.5) is 0 Å². The number of nitrogens with one attached hydrogen (secondary N) is 2. The lowest BCUT2D eigenvalue weighted by Crippen LogP contribution is -2.35. The zero-order valence-corrected chi connectivity index (χ0v) is 19.2. The molecule has 0 fully saturated rings. The summed E-state index contributed by atoms with van der Waals surface area (Å²) in [5.41, 5.74) is 1.22. The second-order valence-electron chi connectivity index (χ2n) is 7.17. The number of furan rings is 1. The first-order valence-electron chi connectivity index (χ1n) is 10.4. The summed E-state index contributed by atoms with van der Waals surface area (Å²) in [5.74, 6) is 0.161. The lowest BCUT2D eigenvalue weighted by Gasteiger charge is -2.10. The van der Waals surface area contributed by atoms with Gasteiger partial charge in [0.1, 0.15) is 17.2 Å². The number of benzene rings is 2. The van der Waals surface area contributed by atoms with E-state index in [0.717, 1.165) is 19.3 Å². The van der Waals surface area contributed by atoms with Gasteiger partial charge < -0.3 is 15.1 Å². The van der Waals surface area contributed by atoms with E-state index < -0.39 is 0 Å². The van der Waals surface area contributed by atoms with Gasteiger partial charge in [0, 0.05) is 28.8 Å². The first-order valence-corrected chi connectivity index (χ1v) is 11.1. The van der Waals surface area contributed by atoms with Crippen LogP contribution in [-0.2, 0) is 4.79 Å². The Bertz CT molecular complexity index is 1110. The van der Waals surface area contributed by atoms with Gasteiger partial charge in [-0.25, -0.2) is 0 Å². The van der Waals surface area contributed by atoms with Gasteiger partial charge in [-0.15, -0.1) is 0 Å². The number of hydrogen-bond acceptors (Lipinski definition) is 3. The molecule has 1 heterocycles. The van der Waals surface area contributed by atoms with Crippen LogP contribution in [0.2, 0.25) is 10.0 Å². The van der Waals surface area contributed by atoms with Gasteiger partial charge >= 0.3 is 0 Å². The predicted octanol–water partition coefficient (Wildman–Crippen LogP) is 6.33. The zero-order valence-electron chi connectivity index (χ0n) is 17.7. The quantitative estimate of drug-likeness (QED) is 0.283. The fraction of sp³-hybridized carbons (Fsp3) is 0.200. The third-order valence-electron chi connectivity index (χ3n) is 4.70. The number of carbonyl (C=O) groups excluding carboxylic acids is 2. The fourth-order valence-electron chi connectivity index (χ4n) is 3.02. The minimum atomic E-state index is -0.382. The highest BCUT2D eigenvalue weighted by Gasteiger charge is 2.16. The zero-order chi connectivity index (χ0) is 22.9. The predicted molar refractivity (Wildman–Crippen MR) is 129 cm³/mol. The van der Waals surface area contributed by atoms with Crippen LogP contribution in [0.3, 0.4) is 0 Å². The van der Waals surface area contributed by atoms with Crippen LogP contribution < -0.4 is 10.6 Å². The van der Waals surface area contributed by atoms with Crippen LogP contribution >= 0.6 is 23.2 Å². The summed E-state index contributed by atoms with van der Waals surface area (Å²) in [4.78, 5) is 25.4. The highest BCUT2D eigenvalue weighted by Crippen LogP contribution is 2.31. The second-order valence-corrected chi connectivity index (χ2v) is 8.01. The van der Waals surface area contributed by atoms with Crippen molar-refractivity contribution in [3.63, 3.8) is 0 Å². The molecule has 0 aliphatic heterocycles. The Hall–Kier alpha value is -3.02. The highest BCUT2D eigenvalue weighted by molar-refractivity contribution is 6.36. The van der Waals surface area contributed by atoms with Gasteiger partial charge in [-0.05, 0) is 48.9 Å². The molecule has 0 unspecified atom stereocenters. The van der Waals surface area contributed by atoms with Gasteiger partial charge in [0.15, 0.2) is 0 Å². The van der Waals surface area contributed by atoms with Crippen molar-refractivity contribution in [1.82, 2.24) is 10.6 Å². The summed E-state index contributed by atoms with van der Waals surface area (Å²) in [7, 11) is 0. The molecule has 3 rings (SSSR count). The van der Waals surface area contributed by atoms with Crippen LogP contribution in [0.25, 0.3) is 17.4 Å². The third kappa shape index (κ3) is 6.49. The molecule has 0 aliphatic rings. The van der Waals surface area contributed by atoms with E-state index in [-0.39, 0.29) is 17.5 Å². The average Bonchev–Trinajstić information content (AvgIpc) is 3.25. The van der Waals surface area contributed by atoms with Gasteiger partial charge in [0.05, 0.1) is 5.02 Å². The first-order chi connectivity index (χ1) is 15.5. The maximum atomic E-state index is 12.8. The molecule has 166 valence electrons. The summed E-state index contributed by atoms with van der Waals surface area (Å²) in [6, 6.07) is 17.3. The maximum absolute atomic E-state index is 12.8. The SMILES string of the molecule is CCCCCNC(=O)/C(=C/c1ccc(-c2ccc(Cl)cc2Cl)o1)NC(=O)c1ccccc1. The van der Waals surface area contributed by atoms with E-state index in [1.165, 1.54) is 6.08 Å². The molecule has 2 aromatic carbocycles. The van der Waals surface area contributed by atoms with Gasteiger partial charge in [-0.1, -0.05) is 61.2 Å². The van der Waals surface area contributed by atoms with E-state index in [9.17, 15) is 9.59 Å². The van der Waals surface area contributed by atoms with E-state index in [2.05, 4.69) is 17.6 Å². The molecule has 7 heteroatoms. The average molecular weight is 471 g/mol. The summed E-state index contributed by atoms with van der Waals surface area (Å²) in [6.07, 6.45) is 4.43. The van der Waals surface area contributed by atoms with Crippen molar-refractivity contribution in [2.45, 2.75) is 26.2 Å². The Labute approximate surface area is 197 Å². The Morgan fingerprint density at radius 3 is 2.50 bits per heavy atom. The van der Waals surface area contributed by atoms with Crippen LogP contribution in [0.5, 0.6) is 0 Å². The normalized spacial score (nSPS) is 11.3. The molecule has 0 radical (unpaired) electrons. The van der Waals surface area contributed by atoms with Crippen LogP contribution in [0.1, 0.15) is 42.3 Å². The molecule has 0 saturated heterocycles. The second kappa shape index (κ2) is 11.6. The fourth-order valence-corrected chi connectivity index (χ4v) is 3.52. The summed E-state index contributed by atoms with van der Waals surface area (Å²) < 4.78 is 5.87. The van der Waals surface area contributed by atoms with E-state index >= 15 is 0 Å². The Morgan fingerprint density at radius 1 is 1.00 bits per heavy atom. The Balaban J connectivity index is 1.84. The molecule has 2 N–H and O–H groups in total. The molecule has 0 spiro atoms. The molecule has 32 heavy (non-hydrogen) atoms. The monoisotopic (exact) mass is 470 g/mol. The molecule has 0 aliphatic carbocycles. The minimum absolute atomic E-state index is 0.0958. The van der Waals surface area contributed by atoms with Gasteiger partial charge in [-0.3, -0.25) is 9.59 Å². The van der Waals surface area contributed by atoms with E-state index in [4.69, 9.17) is 27.6 Å². The lowest BCUT2D eigenvalue weighted by atomic mass is 10.2. The summed E-state index contributed by atoms with van der Waals surface area (Å²) >= 11 is 12.2. The minimum Gasteiger partial charge on any atom is -0.457 e. The van der Waals surface area contributed by atoms with Gasteiger partial charge in [0.25, 0.3) is 11.8 Å². The summed E-state index contributed by atoms with van der Waals surface area (Å²) in [5, 5.41) is 6.52. The number of halogens is 2. The molecular weight excluding hydrogens is 447 g/mol. The molecular formula is C25H24Cl2N2O3. The number of rotatable bonds is 9. The van der Waals surface area contributed by atoms with Crippen molar-refractivity contribution in [1.29, 1.82) is 0 Å². The van der Waals surface area contributed by atoms with Gasteiger partial charge in [-0.2, -0.15) is 0 Å². The summed E-state index contributed by atoms with van der Waals surface area (Å²) in [6.45, 7) is 2.61. The van der Waals surface area contributed by atoms with Crippen LogP contribution in [0.15, 0.2) is 70.8 Å². The number of carbonyl (C=O) groups is 2. The lowest BCUT2D eigenvalue weighted by molar-refractivity contribution is -0.117. The molecule has 0 saturated carbocycles. The Morgan fingerprint density at radius 2 is 1.78 bits per heavy atom. The molecule has 2 amide bonds. The largest absolute Gasteiger partial charge is 0.457 e. The number of hydrogen-bond donors (Lipinski definition) is 2.